The van der Waals surface area contributed by atoms with Crippen LogP contribution in [0, 0.1) is 0 Å². The maximum Gasteiger partial charge on any atom is 0.103 e. The Hall–Kier alpha value is -2.58. The number of nitrogens with one attached hydrogen (secondary N) is 1. The van der Waals surface area contributed by atoms with E-state index in [9.17, 15) is 0 Å². The number of alkyl halides is 1. The first-order valence-electron chi connectivity index (χ1n) is 7.47. The molecule has 1 N–H and O–H groups in total. The third-order valence-corrected chi connectivity index (χ3v) is 3.94. The highest BCUT2D eigenvalue weighted by Crippen LogP contribution is 2.26. The second-order valence-electron chi connectivity index (χ2n) is 5.11. The van der Waals surface area contributed by atoms with Crippen LogP contribution >= 0.6 is 11.6 Å². The van der Waals surface area contributed by atoms with E-state index in [-0.39, 0.29) is 5.38 Å². The largest absolute Gasteiger partial charge is 0.278 e. The zero-order valence-corrected chi connectivity index (χ0v) is 13.3. The Bertz CT molecular complexity index is 755. The van der Waals surface area contributed by atoms with Crippen LogP contribution in [0.4, 0.5) is 5.69 Å². The van der Waals surface area contributed by atoms with Crippen LogP contribution in [0.2, 0.25) is 0 Å². The van der Waals surface area contributed by atoms with Crippen molar-refractivity contribution in [3.63, 3.8) is 0 Å². The third kappa shape index (κ3) is 3.99. The summed E-state index contributed by atoms with van der Waals surface area (Å²) in [5.41, 5.74) is 6.84. The number of halogens is 1. The molecule has 3 heteroatoms. The Labute approximate surface area is 141 Å². The van der Waals surface area contributed by atoms with Crippen molar-refractivity contribution in [3.05, 3.63) is 102 Å². The minimum atomic E-state index is -0.324. The zero-order chi connectivity index (χ0) is 15.9. The first-order chi connectivity index (χ1) is 11.3. The van der Waals surface area contributed by atoms with Crippen molar-refractivity contribution in [1.29, 1.82) is 0 Å². The minimum absolute atomic E-state index is 0.324. The van der Waals surface area contributed by atoms with Gasteiger partial charge in [-0.3, -0.25) is 5.43 Å². The standard InChI is InChI=1S/C20H17ClN2/c21-19(16-10-4-1-5-11-16)20(17-12-6-2-7-13-17)23-22-18-14-8-3-9-15-18/h1-15,19,22H/b23-20-/t19-/m1/s1. The summed E-state index contributed by atoms with van der Waals surface area (Å²) in [5, 5.41) is 4.25. The molecule has 3 aromatic rings. The molecule has 0 aliphatic heterocycles. The van der Waals surface area contributed by atoms with E-state index in [0.29, 0.717) is 0 Å². The maximum absolute atomic E-state index is 6.70. The van der Waals surface area contributed by atoms with Gasteiger partial charge in [0.25, 0.3) is 0 Å². The Kier molecular flexibility index (Phi) is 5.07. The topological polar surface area (TPSA) is 24.4 Å². The molecule has 0 radical (unpaired) electrons. The van der Waals surface area contributed by atoms with Gasteiger partial charge in [-0.2, -0.15) is 5.10 Å². The molecule has 0 fully saturated rings. The van der Waals surface area contributed by atoms with Gasteiger partial charge >= 0.3 is 0 Å². The molecule has 3 rings (SSSR count). The van der Waals surface area contributed by atoms with E-state index < -0.39 is 0 Å². The van der Waals surface area contributed by atoms with Crippen LogP contribution in [0.5, 0.6) is 0 Å². The molecule has 1 atom stereocenters. The van der Waals surface area contributed by atoms with Crippen molar-refractivity contribution in [2.45, 2.75) is 5.38 Å². The van der Waals surface area contributed by atoms with E-state index in [1.165, 1.54) is 0 Å². The van der Waals surface area contributed by atoms with Crippen molar-refractivity contribution < 1.29 is 0 Å². The lowest BCUT2D eigenvalue weighted by Crippen LogP contribution is -2.11. The van der Waals surface area contributed by atoms with Gasteiger partial charge in [0.05, 0.1) is 11.4 Å². The van der Waals surface area contributed by atoms with Crippen LogP contribution in [0.25, 0.3) is 0 Å². The number of hydrogen-bond donors (Lipinski definition) is 1. The van der Waals surface area contributed by atoms with E-state index in [4.69, 9.17) is 11.6 Å². The smallest absolute Gasteiger partial charge is 0.103 e. The fourth-order valence-electron chi connectivity index (χ4n) is 2.29. The van der Waals surface area contributed by atoms with Crippen molar-refractivity contribution in [1.82, 2.24) is 0 Å². The Morgan fingerprint density at radius 2 is 1.26 bits per heavy atom. The molecule has 0 heterocycles. The summed E-state index contributed by atoms with van der Waals surface area (Å²) < 4.78 is 0. The highest BCUT2D eigenvalue weighted by Gasteiger charge is 2.17. The Morgan fingerprint density at radius 3 is 1.87 bits per heavy atom. The van der Waals surface area contributed by atoms with Crippen LogP contribution in [0.1, 0.15) is 16.5 Å². The molecular weight excluding hydrogens is 304 g/mol. The van der Waals surface area contributed by atoms with Crippen LogP contribution in [-0.2, 0) is 0 Å². The predicted octanol–water partition coefficient (Wildman–Crippen LogP) is 5.48. The Balaban J connectivity index is 1.94. The lowest BCUT2D eigenvalue weighted by Gasteiger charge is -2.14. The summed E-state index contributed by atoms with van der Waals surface area (Å²) >= 11 is 6.70. The van der Waals surface area contributed by atoms with Crippen molar-refractivity contribution in [3.8, 4) is 0 Å². The fourth-order valence-corrected chi connectivity index (χ4v) is 2.61. The second-order valence-corrected chi connectivity index (χ2v) is 5.55. The maximum atomic E-state index is 6.70. The van der Waals surface area contributed by atoms with Gasteiger partial charge in [0, 0.05) is 0 Å². The number of rotatable bonds is 5. The highest BCUT2D eigenvalue weighted by molar-refractivity contribution is 6.35. The molecule has 0 aliphatic carbocycles. The van der Waals surface area contributed by atoms with Gasteiger partial charge in [-0.25, -0.2) is 0 Å². The molecule has 0 bridgehead atoms. The lowest BCUT2D eigenvalue weighted by molar-refractivity contribution is 1.21. The lowest BCUT2D eigenvalue weighted by atomic mass is 10.0. The molecule has 23 heavy (non-hydrogen) atoms. The summed E-state index contributed by atoms with van der Waals surface area (Å²) in [6, 6.07) is 29.8. The second kappa shape index (κ2) is 7.61. The van der Waals surface area contributed by atoms with Crippen LogP contribution in [0.3, 0.4) is 0 Å². The molecule has 0 amide bonds. The summed E-state index contributed by atoms with van der Waals surface area (Å²) in [6.45, 7) is 0. The summed E-state index contributed by atoms with van der Waals surface area (Å²) in [5.74, 6) is 0. The number of benzene rings is 3. The quantitative estimate of drug-likeness (QED) is 0.375. The SMILES string of the molecule is Cl[C@@H](/C(=N\Nc1ccccc1)c1ccccc1)c1ccccc1. The monoisotopic (exact) mass is 320 g/mol. The normalized spacial score (nSPS) is 12.7. The third-order valence-electron chi connectivity index (χ3n) is 3.48. The average molecular weight is 321 g/mol. The van der Waals surface area contributed by atoms with E-state index in [1.54, 1.807) is 0 Å². The van der Waals surface area contributed by atoms with Gasteiger partial charge in [-0.1, -0.05) is 78.9 Å². The molecule has 114 valence electrons. The number of hydrogen-bond acceptors (Lipinski definition) is 2. The van der Waals surface area contributed by atoms with Gasteiger partial charge in [-0.05, 0) is 23.3 Å². The molecule has 3 aromatic carbocycles. The molecule has 0 spiro atoms. The summed E-state index contributed by atoms with van der Waals surface area (Å²) in [4.78, 5) is 0. The van der Waals surface area contributed by atoms with Crippen molar-refractivity contribution in [2.24, 2.45) is 5.10 Å². The first kappa shape index (κ1) is 15.3. The van der Waals surface area contributed by atoms with Gasteiger partial charge < -0.3 is 0 Å². The van der Waals surface area contributed by atoms with Gasteiger partial charge in [-0.15, -0.1) is 11.6 Å². The van der Waals surface area contributed by atoms with Crippen LogP contribution in [0.15, 0.2) is 96.1 Å². The zero-order valence-electron chi connectivity index (χ0n) is 12.6. The minimum Gasteiger partial charge on any atom is -0.278 e. The summed E-state index contributed by atoms with van der Waals surface area (Å²) in [7, 11) is 0. The molecule has 0 aromatic heterocycles. The van der Waals surface area contributed by atoms with Crippen LogP contribution < -0.4 is 5.43 Å². The van der Waals surface area contributed by atoms with Gasteiger partial charge in [0.2, 0.25) is 0 Å². The number of hydrazone groups is 1. The van der Waals surface area contributed by atoms with Crippen molar-refractivity contribution >= 4 is 23.0 Å². The average Bonchev–Trinajstić information content (AvgIpc) is 2.64. The highest BCUT2D eigenvalue weighted by atomic mass is 35.5. The van der Waals surface area contributed by atoms with Crippen molar-refractivity contribution in [2.75, 3.05) is 5.43 Å². The molecule has 0 aliphatic rings. The Morgan fingerprint density at radius 1 is 0.739 bits per heavy atom. The molecule has 2 nitrogen and oxygen atoms in total. The molecule has 0 unspecified atom stereocenters. The summed E-state index contributed by atoms with van der Waals surface area (Å²) in [6.07, 6.45) is 0. The van der Waals surface area contributed by atoms with Crippen LogP contribution in [-0.4, -0.2) is 5.71 Å². The number of para-hydroxylation sites is 1. The van der Waals surface area contributed by atoms with E-state index in [2.05, 4.69) is 10.5 Å². The number of nitrogens with zero attached hydrogens (tertiary/aromatic N) is 1. The number of anilines is 1. The predicted molar refractivity (Wildman–Crippen MR) is 98.1 cm³/mol. The molecule has 0 saturated carbocycles. The van der Waals surface area contributed by atoms with Gasteiger partial charge in [0.15, 0.2) is 0 Å². The van der Waals surface area contributed by atoms with Gasteiger partial charge in [0.1, 0.15) is 5.38 Å². The molecule has 0 saturated heterocycles. The van der Waals surface area contributed by atoms with E-state index in [1.807, 2.05) is 91.0 Å². The van der Waals surface area contributed by atoms with E-state index >= 15 is 0 Å². The fraction of sp³-hybridized carbons (Fsp3) is 0.0500. The van der Waals surface area contributed by atoms with E-state index in [0.717, 1.165) is 22.5 Å². The first-order valence-corrected chi connectivity index (χ1v) is 7.91. The molecular formula is C20H17ClN2.